The molecule has 1 atom stereocenters. The second-order valence-electron chi connectivity index (χ2n) is 6.42. The van der Waals surface area contributed by atoms with Crippen LogP contribution >= 0.6 is 10.5 Å². The normalized spacial score (nSPS) is 12.9. The van der Waals surface area contributed by atoms with Crippen molar-refractivity contribution in [1.29, 1.82) is 0 Å². The molecule has 3 nitrogen and oxygen atoms in total. The molecule has 25 heavy (non-hydrogen) atoms. The van der Waals surface area contributed by atoms with E-state index < -0.39 is 5.41 Å². The van der Waals surface area contributed by atoms with Gasteiger partial charge in [-0.15, -0.1) is 5.16 Å². The molecule has 0 fully saturated rings. The first-order valence-electron chi connectivity index (χ1n) is 9.04. The van der Waals surface area contributed by atoms with Gasteiger partial charge in [0.05, 0.1) is 0 Å². The predicted octanol–water partition coefficient (Wildman–Crippen LogP) is 5.70. The van der Waals surface area contributed by atoms with Gasteiger partial charge in [-0.3, -0.25) is 0 Å². The summed E-state index contributed by atoms with van der Waals surface area (Å²) >= 11 is 0. The molecule has 0 spiro atoms. The molecule has 1 aromatic rings. The molecule has 146 valence electrons. The van der Waals surface area contributed by atoms with E-state index in [1.165, 1.54) is 20.0 Å². The van der Waals surface area contributed by atoms with Crippen molar-refractivity contribution < 1.29 is 9.94 Å². The van der Waals surface area contributed by atoms with Crippen LogP contribution in [-0.2, 0) is 4.84 Å². The maximum Gasteiger partial charge on any atom is 0.106 e. The van der Waals surface area contributed by atoms with Crippen LogP contribution in [0.2, 0.25) is 0 Å². The Labute approximate surface area is 158 Å². The quantitative estimate of drug-likeness (QED) is 0.280. The van der Waals surface area contributed by atoms with Gasteiger partial charge >= 0.3 is 0 Å². The maximum absolute atomic E-state index is 12.1. The third-order valence-electron chi connectivity index (χ3n) is 4.36. The van der Waals surface area contributed by atoms with Gasteiger partial charge in [-0.25, -0.2) is 0 Å². The molecular formula is C21H38NO2S-. The molecular weight excluding hydrogens is 330 g/mol. The first-order valence-corrected chi connectivity index (χ1v) is 10.4. The Bertz CT molecular complexity index is 506. The Morgan fingerprint density at radius 2 is 1.52 bits per heavy atom. The summed E-state index contributed by atoms with van der Waals surface area (Å²) < 4.78 is -0.326. The van der Waals surface area contributed by atoms with Gasteiger partial charge in [0.25, 0.3) is 0 Å². The van der Waals surface area contributed by atoms with E-state index >= 15 is 0 Å². The minimum atomic E-state index is -0.649. The second-order valence-corrected chi connectivity index (χ2v) is 8.69. The number of oxime groups is 1. The standard InChI is InChI=1S/C15H23NO2S.C4H10.C2H6/c1-14(2,13(17)16-18-5)15(3,4)19(6)12-10-8-7-9-11-12;1-3-4-2;1-2/h7-11H,6H2,1-5H3,(H,16,17);3-4H2,1-2H3;1-2H3/p-1. The summed E-state index contributed by atoms with van der Waals surface area (Å²) in [5.41, 5.74) is -0.649. The second kappa shape index (κ2) is 13.0. The fraction of sp³-hybridized carbons (Fsp3) is 0.619. The van der Waals surface area contributed by atoms with E-state index in [4.69, 9.17) is 0 Å². The van der Waals surface area contributed by atoms with Crippen LogP contribution in [0.3, 0.4) is 0 Å². The van der Waals surface area contributed by atoms with E-state index in [0.717, 1.165) is 4.90 Å². The molecule has 0 aliphatic heterocycles. The summed E-state index contributed by atoms with van der Waals surface area (Å²) in [6, 6.07) is 10.1. The molecule has 0 aliphatic carbocycles. The van der Waals surface area contributed by atoms with Crippen molar-refractivity contribution in [3.05, 3.63) is 30.3 Å². The molecule has 1 aromatic carbocycles. The predicted molar refractivity (Wildman–Crippen MR) is 114 cm³/mol. The summed E-state index contributed by atoms with van der Waals surface area (Å²) in [7, 11) is 1.07. The smallest absolute Gasteiger partial charge is 0.106 e. The highest BCUT2D eigenvalue weighted by molar-refractivity contribution is 8.15. The van der Waals surface area contributed by atoms with Crippen molar-refractivity contribution in [3.63, 3.8) is 0 Å². The molecule has 1 unspecified atom stereocenters. The monoisotopic (exact) mass is 368 g/mol. The van der Waals surface area contributed by atoms with Crippen molar-refractivity contribution in [2.45, 2.75) is 77.9 Å². The Balaban J connectivity index is 0. The van der Waals surface area contributed by atoms with Gasteiger partial charge in [0.15, 0.2) is 0 Å². The zero-order chi connectivity index (χ0) is 20.1. The molecule has 0 saturated carbocycles. The Hall–Kier alpha value is -1.29. The zero-order valence-electron chi connectivity index (χ0n) is 17.7. The van der Waals surface area contributed by atoms with Crippen molar-refractivity contribution >= 4 is 22.3 Å². The molecule has 0 N–H and O–H groups in total. The van der Waals surface area contributed by atoms with E-state index in [1.807, 2.05) is 58.0 Å². The lowest BCUT2D eigenvalue weighted by molar-refractivity contribution is -0.235. The molecule has 0 amide bonds. The molecule has 1 rings (SSSR count). The van der Waals surface area contributed by atoms with Crippen molar-refractivity contribution in [2.24, 2.45) is 10.6 Å². The summed E-state index contributed by atoms with van der Waals surface area (Å²) in [5, 5.41) is 15.7. The lowest BCUT2D eigenvalue weighted by atomic mass is 9.80. The SMILES string of the molecule is C=S(c1ccccc1)C(C)(C)C(C)(C)C([O-])=NOC.CC.CCCC. The highest BCUT2D eigenvalue weighted by Crippen LogP contribution is 2.49. The zero-order valence-corrected chi connectivity index (χ0v) is 18.5. The molecule has 0 heterocycles. The van der Waals surface area contributed by atoms with Gasteiger partial charge in [-0.2, -0.15) is 10.5 Å². The third kappa shape index (κ3) is 7.64. The number of nitrogens with zero attached hydrogens (tertiary/aromatic N) is 1. The molecule has 0 radical (unpaired) electrons. The van der Waals surface area contributed by atoms with Crippen LogP contribution in [-0.4, -0.2) is 23.6 Å². The van der Waals surface area contributed by atoms with Crippen molar-refractivity contribution in [2.75, 3.05) is 7.11 Å². The number of hydrogen-bond acceptors (Lipinski definition) is 3. The number of rotatable bonds is 6. The number of hydrogen-bond donors (Lipinski definition) is 0. The molecule has 0 aliphatic rings. The van der Waals surface area contributed by atoms with Crippen LogP contribution in [0.25, 0.3) is 0 Å². The van der Waals surface area contributed by atoms with Crippen LogP contribution in [0.15, 0.2) is 40.4 Å². The lowest BCUT2D eigenvalue weighted by Gasteiger charge is -2.46. The summed E-state index contributed by atoms with van der Waals surface area (Å²) in [6.45, 7) is 16.3. The summed E-state index contributed by atoms with van der Waals surface area (Å²) in [4.78, 5) is 5.77. The van der Waals surface area contributed by atoms with Crippen LogP contribution in [0.5, 0.6) is 0 Å². The van der Waals surface area contributed by atoms with Crippen molar-refractivity contribution in [1.82, 2.24) is 0 Å². The van der Waals surface area contributed by atoms with E-state index in [2.05, 4.69) is 43.6 Å². The van der Waals surface area contributed by atoms with Gasteiger partial charge in [-0.05, 0) is 26.0 Å². The van der Waals surface area contributed by atoms with E-state index in [9.17, 15) is 5.11 Å². The summed E-state index contributed by atoms with van der Waals surface area (Å²) in [6.07, 6.45) is 2.64. The van der Waals surface area contributed by atoms with Crippen LogP contribution in [0.1, 0.15) is 68.2 Å². The van der Waals surface area contributed by atoms with E-state index in [0.29, 0.717) is 0 Å². The summed E-state index contributed by atoms with van der Waals surface area (Å²) in [5.74, 6) is 4.03. The average Bonchev–Trinajstić information content (AvgIpc) is 2.63. The highest BCUT2D eigenvalue weighted by Gasteiger charge is 2.40. The van der Waals surface area contributed by atoms with Gasteiger partial charge in [0.2, 0.25) is 0 Å². The fourth-order valence-corrected chi connectivity index (χ4v) is 3.42. The number of unbranched alkanes of at least 4 members (excludes halogenated alkanes) is 1. The first-order chi connectivity index (χ1) is 11.7. The lowest BCUT2D eigenvalue weighted by Crippen LogP contribution is -2.49. The molecule has 0 aromatic heterocycles. The van der Waals surface area contributed by atoms with Gasteiger partial charge in [-0.1, -0.05) is 78.5 Å². The number of benzene rings is 1. The van der Waals surface area contributed by atoms with Gasteiger partial charge in [0, 0.05) is 21.0 Å². The first kappa shape index (κ1) is 25.9. The van der Waals surface area contributed by atoms with Crippen LogP contribution < -0.4 is 5.11 Å². The minimum Gasteiger partial charge on any atom is -0.859 e. The maximum atomic E-state index is 12.1. The average molecular weight is 369 g/mol. The fourth-order valence-electron chi connectivity index (χ4n) is 1.64. The highest BCUT2D eigenvalue weighted by atomic mass is 32.2. The van der Waals surface area contributed by atoms with Crippen LogP contribution in [0.4, 0.5) is 0 Å². The van der Waals surface area contributed by atoms with Gasteiger partial charge in [0.1, 0.15) is 7.11 Å². The van der Waals surface area contributed by atoms with E-state index in [-0.39, 0.29) is 21.1 Å². The molecule has 0 bridgehead atoms. The van der Waals surface area contributed by atoms with Crippen LogP contribution in [0, 0.1) is 5.41 Å². The topological polar surface area (TPSA) is 44.7 Å². The Morgan fingerprint density at radius 1 is 1.08 bits per heavy atom. The molecule has 4 heteroatoms. The molecule has 0 saturated heterocycles. The van der Waals surface area contributed by atoms with Crippen molar-refractivity contribution in [3.8, 4) is 0 Å². The Kier molecular flexibility index (Phi) is 13.5. The largest absolute Gasteiger partial charge is 0.859 e. The van der Waals surface area contributed by atoms with E-state index in [1.54, 1.807) is 0 Å². The third-order valence-corrected chi connectivity index (χ3v) is 6.94. The van der Waals surface area contributed by atoms with Gasteiger partial charge < -0.3 is 9.94 Å². The Morgan fingerprint density at radius 3 is 1.88 bits per heavy atom. The minimum absolute atomic E-state index is 0.253.